The Morgan fingerprint density at radius 1 is 1.25 bits per heavy atom. The number of hydrogen-bond donors (Lipinski definition) is 1. The van der Waals surface area contributed by atoms with E-state index in [1.807, 2.05) is 20.8 Å². The molecule has 1 aliphatic heterocycles. The first-order chi connectivity index (χ1) is 11.5. The number of hydrogen-bond acceptors (Lipinski definition) is 4. The number of ether oxygens (including phenoxy) is 2. The van der Waals surface area contributed by atoms with E-state index in [9.17, 15) is 9.59 Å². The molecule has 6 nitrogen and oxygen atoms in total. The van der Waals surface area contributed by atoms with E-state index in [-0.39, 0.29) is 17.9 Å². The number of amides is 2. The number of rotatable bonds is 8. The minimum absolute atomic E-state index is 0.110. The van der Waals surface area contributed by atoms with Gasteiger partial charge in [0.2, 0.25) is 5.91 Å². The summed E-state index contributed by atoms with van der Waals surface area (Å²) in [6.07, 6.45) is 1.51. The number of benzene rings is 1. The van der Waals surface area contributed by atoms with Crippen LogP contribution >= 0.6 is 0 Å². The van der Waals surface area contributed by atoms with Gasteiger partial charge >= 0.3 is 0 Å². The summed E-state index contributed by atoms with van der Waals surface area (Å²) in [6.45, 7) is 8.04. The minimum Gasteiger partial charge on any atom is -0.490 e. The first-order valence-corrected chi connectivity index (χ1v) is 8.53. The Kier molecular flexibility index (Phi) is 6.46. The normalized spacial score (nSPS) is 15.3. The van der Waals surface area contributed by atoms with Gasteiger partial charge in [-0.15, -0.1) is 0 Å². The SMILES string of the molecule is CCOc1ccc(C(=O)N[C@@H](C)CN2CCCC2=O)cc1OCC. The van der Waals surface area contributed by atoms with Gasteiger partial charge in [0.25, 0.3) is 5.91 Å². The minimum atomic E-state index is -0.182. The Bertz CT molecular complexity index is 588. The summed E-state index contributed by atoms with van der Waals surface area (Å²) in [6, 6.07) is 5.05. The van der Waals surface area contributed by atoms with Crippen molar-refractivity contribution < 1.29 is 19.1 Å². The van der Waals surface area contributed by atoms with E-state index < -0.39 is 0 Å². The number of nitrogens with one attached hydrogen (secondary N) is 1. The molecule has 1 heterocycles. The van der Waals surface area contributed by atoms with Gasteiger partial charge in [-0.1, -0.05) is 0 Å². The van der Waals surface area contributed by atoms with Crippen molar-refractivity contribution in [3.05, 3.63) is 23.8 Å². The fraction of sp³-hybridized carbons (Fsp3) is 0.556. The Morgan fingerprint density at radius 2 is 1.96 bits per heavy atom. The van der Waals surface area contributed by atoms with Crippen molar-refractivity contribution in [1.29, 1.82) is 0 Å². The molecule has 1 aromatic carbocycles. The highest BCUT2D eigenvalue weighted by atomic mass is 16.5. The second kappa shape index (κ2) is 8.57. The lowest BCUT2D eigenvalue weighted by atomic mass is 10.1. The average molecular weight is 334 g/mol. The van der Waals surface area contributed by atoms with Crippen LogP contribution in [0.2, 0.25) is 0 Å². The first-order valence-electron chi connectivity index (χ1n) is 8.53. The van der Waals surface area contributed by atoms with Gasteiger partial charge in [-0.3, -0.25) is 9.59 Å². The van der Waals surface area contributed by atoms with Crippen molar-refractivity contribution in [3.63, 3.8) is 0 Å². The zero-order chi connectivity index (χ0) is 17.5. The summed E-state index contributed by atoms with van der Waals surface area (Å²) in [5.74, 6) is 1.18. The molecule has 0 saturated carbocycles. The van der Waals surface area contributed by atoms with Crippen LogP contribution in [0.5, 0.6) is 11.5 Å². The smallest absolute Gasteiger partial charge is 0.251 e. The van der Waals surface area contributed by atoms with Crippen LogP contribution in [0, 0.1) is 0 Å². The van der Waals surface area contributed by atoms with Crippen LogP contribution in [0.4, 0.5) is 0 Å². The molecule has 1 aromatic rings. The lowest BCUT2D eigenvalue weighted by Gasteiger charge is -2.22. The van der Waals surface area contributed by atoms with Gasteiger partial charge in [-0.05, 0) is 45.4 Å². The van der Waals surface area contributed by atoms with Gasteiger partial charge in [0.15, 0.2) is 11.5 Å². The van der Waals surface area contributed by atoms with Crippen LogP contribution in [0.3, 0.4) is 0 Å². The van der Waals surface area contributed by atoms with Gasteiger partial charge in [0.1, 0.15) is 0 Å². The summed E-state index contributed by atoms with van der Waals surface area (Å²) in [5, 5.41) is 2.94. The zero-order valence-electron chi connectivity index (χ0n) is 14.6. The molecule has 0 radical (unpaired) electrons. The van der Waals surface area contributed by atoms with Crippen molar-refractivity contribution in [2.24, 2.45) is 0 Å². The highest BCUT2D eigenvalue weighted by Gasteiger charge is 2.22. The summed E-state index contributed by atoms with van der Waals surface area (Å²) in [5.41, 5.74) is 0.515. The van der Waals surface area contributed by atoms with Crippen LogP contribution in [0.15, 0.2) is 18.2 Å². The third-order valence-corrected chi connectivity index (χ3v) is 3.85. The summed E-state index contributed by atoms with van der Waals surface area (Å²) < 4.78 is 11.1. The van der Waals surface area contributed by atoms with Crippen molar-refractivity contribution >= 4 is 11.8 Å². The van der Waals surface area contributed by atoms with E-state index >= 15 is 0 Å². The largest absolute Gasteiger partial charge is 0.490 e. The van der Waals surface area contributed by atoms with E-state index in [0.29, 0.717) is 43.2 Å². The second-order valence-corrected chi connectivity index (χ2v) is 5.85. The molecule has 1 atom stereocenters. The predicted molar refractivity (Wildman–Crippen MR) is 91.5 cm³/mol. The van der Waals surface area contributed by atoms with Crippen LogP contribution in [0.25, 0.3) is 0 Å². The molecule has 2 amide bonds. The summed E-state index contributed by atoms with van der Waals surface area (Å²) in [7, 11) is 0. The molecule has 132 valence electrons. The molecule has 0 aromatic heterocycles. The third kappa shape index (κ3) is 4.63. The molecule has 0 spiro atoms. The van der Waals surface area contributed by atoms with Gasteiger partial charge in [0, 0.05) is 31.1 Å². The van der Waals surface area contributed by atoms with Gasteiger partial charge in [0.05, 0.1) is 13.2 Å². The quantitative estimate of drug-likeness (QED) is 0.791. The van der Waals surface area contributed by atoms with E-state index in [2.05, 4.69) is 5.32 Å². The molecule has 0 bridgehead atoms. The number of carbonyl (C=O) groups is 2. The highest BCUT2D eigenvalue weighted by Crippen LogP contribution is 2.28. The lowest BCUT2D eigenvalue weighted by Crippen LogP contribution is -2.42. The molecule has 1 saturated heterocycles. The molecule has 2 rings (SSSR count). The van der Waals surface area contributed by atoms with E-state index in [4.69, 9.17) is 9.47 Å². The molecule has 24 heavy (non-hydrogen) atoms. The van der Waals surface area contributed by atoms with Crippen molar-refractivity contribution in [3.8, 4) is 11.5 Å². The molecule has 0 unspecified atom stereocenters. The maximum atomic E-state index is 12.4. The zero-order valence-corrected chi connectivity index (χ0v) is 14.6. The lowest BCUT2D eigenvalue weighted by molar-refractivity contribution is -0.127. The number of nitrogens with zero attached hydrogens (tertiary/aromatic N) is 1. The molecule has 1 aliphatic rings. The van der Waals surface area contributed by atoms with Crippen LogP contribution < -0.4 is 14.8 Å². The van der Waals surface area contributed by atoms with Gasteiger partial charge in [-0.25, -0.2) is 0 Å². The molecule has 1 fully saturated rings. The Balaban J connectivity index is 2.00. The topological polar surface area (TPSA) is 67.9 Å². The van der Waals surface area contributed by atoms with Crippen LogP contribution in [0.1, 0.15) is 44.0 Å². The fourth-order valence-corrected chi connectivity index (χ4v) is 2.77. The second-order valence-electron chi connectivity index (χ2n) is 5.85. The van der Waals surface area contributed by atoms with Gasteiger partial charge in [-0.2, -0.15) is 0 Å². The van der Waals surface area contributed by atoms with E-state index in [1.165, 1.54) is 0 Å². The summed E-state index contributed by atoms with van der Waals surface area (Å²) in [4.78, 5) is 25.9. The monoisotopic (exact) mass is 334 g/mol. The van der Waals surface area contributed by atoms with E-state index in [0.717, 1.165) is 13.0 Å². The van der Waals surface area contributed by atoms with E-state index in [1.54, 1.807) is 23.1 Å². The standard InChI is InChI=1S/C18H26N2O4/c1-4-23-15-9-8-14(11-16(15)24-5-2)18(22)19-13(3)12-20-10-6-7-17(20)21/h8-9,11,13H,4-7,10,12H2,1-3H3,(H,19,22)/t13-/m0/s1. The fourth-order valence-electron chi connectivity index (χ4n) is 2.77. The van der Waals surface area contributed by atoms with Crippen LogP contribution in [-0.4, -0.2) is 49.1 Å². The van der Waals surface area contributed by atoms with Crippen molar-refractivity contribution in [2.45, 2.75) is 39.7 Å². The number of likely N-dealkylation sites (tertiary alicyclic amines) is 1. The maximum Gasteiger partial charge on any atom is 0.251 e. The highest BCUT2D eigenvalue weighted by molar-refractivity contribution is 5.95. The van der Waals surface area contributed by atoms with Crippen LogP contribution in [-0.2, 0) is 4.79 Å². The molecular weight excluding hydrogens is 308 g/mol. The molecular formula is C18H26N2O4. The van der Waals surface area contributed by atoms with Crippen molar-refractivity contribution in [2.75, 3.05) is 26.3 Å². The Hall–Kier alpha value is -2.24. The predicted octanol–water partition coefficient (Wildman–Crippen LogP) is 2.22. The molecule has 6 heteroatoms. The first kappa shape index (κ1) is 18.1. The molecule has 0 aliphatic carbocycles. The van der Waals surface area contributed by atoms with Crippen molar-refractivity contribution in [1.82, 2.24) is 10.2 Å². The number of carbonyl (C=O) groups excluding carboxylic acids is 2. The maximum absolute atomic E-state index is 12.4. The Labute approximate surface area is 143 Å². The summed E-state index contributed by atoms with van der Waals surface area (Å²) >= 11 is 0. The van der Waals surface area contributed by atoms with Gasteiger partial charge < -0.3 is 19.7 Å². The Morgan fingerprint density at radius 3 is 2.58 bits per heavy atom. The molecule has 1 N–H and O–H groups in total. The third-order valence-electron chi connectivity index (χ3n) is 3.85. The average Bonchev–Trinajstić information content (AvgIpc) is 2.94.